The summed E-state index contributed by atoms with van der Waals surface area (Å²) in [5.41, 5.74) is 0.842. The summed E-state index contributed by atoms with van der Waals surface area (Å²) in [6.07, 6.45) is 0.659. The van der Waals surface area contributed by atoms with Gasteiger partial charge in [-0.15, -0.1) is 0 Å². The number of Topliss-reactive ketones (excluding diaryl/α,β-unsaturated/α-hetero) is 1. The minimum Gasteiger partial charge on any atom is -0.294 e. The highest BCUT2D eigenvalue weighted by molar-refractivity contribution is 6.79. The van der Waals surface area contributed by atoms with Crippen molar-refractivity contribution in [2.24, 2.45) is 0 Å². The van der Waals surface area contributed by atoms with Crippen LogP contribution in [0.5, 0.6) is 0 Å². The average Bonchev–Trinajstić information content (AvgIpc) is 2.16. The van der Waals surface area contributed by atoms with Crippen LogP contribution in [0.15, 0.2) is 30.3 Å². The molecule has 0 amide bonds. The van der Waals surface area contributed by atoms with Crippen LogP contribution < -0.4 is 0 Å². The summed E-state index contributed by atoms with van der Waals surface area (Å²) in [5, 5.41) is 0.153. The highest BCUT2D eigenvalue weighted by atomic mass is 28.3. The van der Waals surface area contributed by atoms with Crippen molar-refractivity contribution in [1.82, 2.24) is 0 Å². The van der Waals surface area contributed by atoms with Crippen LogP contribution in [-0.4, -0.2) is 13.9 Å². The average molecular weight is 234 g/mol. The molecule has 0 aliphatic heterocycles. The lowest BCUT2D eigenvalue weighted by Crippen LogP contribution is -2.36. The smallest absolute Gasteiger partial charge is 0.163 e. The standard InChI is InChI=1S/C14H22OSi/c1-14(2,16(3,4)5)11-13(15)12-9-7-6-8-10-12/h6-10H,11H2,1-5H3. The Hall–Kier alpha value is -0.893. The van der Waals surface area contributed by atoms with E-state index in [4.69, 9.17) is 0 Å². The molecule has 1 rings (SSSR count). The Morgan fingerprint density at radius 2 is 1.62 bits per heavy atom. The maximum absolute atomic E-state index is 12.1. The fourth-order valence-electron chi connectivity index (χ4n) is 1.39. The van der Waals surface area contributed by atoms with Crippen molar-refractivity contribution in [3.8, 4) is 0 Å². The van der Waals surface area contributed by atoms with E-state index >= 15 is 0 Å². The van der Waals surface area contributed by atoms with Gasteiger partial charge in [-0.1, -0.05) is 63.8 Å². The molecular formula is C14H22OSi. The number of hydrogen-bond donors (Lipinski definition) is 0. The van der Waals surface area contributed by atoms with Crippen LogP contribution in [0, 0.1) is 0 Å². The molecule has 0 aliphatic rings. The molecule has 16 heavy (non-hydrogen) atoms. The highest BCUT2D eigenvalue weighted by Crippen LogP contribution is 2.41. The van der Waals surface area contributed by atoms with Gasteiger partial charge in [-0.2, -0.15) is 0 Å². The molecule has 0 atom stereocenters. The van der Waals surface area contributed by atoms with E-state index in [1.165, 1.54) is 0 Å². The third-order valence-electron chi connectivity index (χ3n) is 3.73. The largest absolute Gasteiger partial charge is 0.294 e. The molecule has 1 nitrogen and oxygen atoms in total. The van der Waals surface area contributed by atoms with E-state index in [0.29, 0.717) is 6.42 Å². The minimum absolute atomic E-state index is 0.153. The van der Waals surface area contributed by atoms with E-state index in [1.807, 2.05) is 30.3 Å². The molecule has 2 heteroatoms. The van der Waals surface area contributed by atoms with Gasteiger partial charge in [-0.3, -0.25) is 4.79 Å². The molecule has 0 bridgehead atoms. The predicted octanol–water partition coefficient (Wildman–Crippen LogP) is 4.38. The molecule has 88 valence electrons. The number of ketones is 1. The molecule has 1 aromatic rings. The normalized spacial score (nSPS) is 12.6. The highest BCUT2D eigenvalue weighted by Gasteiger charge is 2.36. The number of benzene rings is 1. The number of hydrogen-bond acceptors (Lipinski definition) is 1. The summed E-state index contributed by atoms with van der Waals surface area (Å²) in [6.45, 7) is 11.4. The van der Waals surface area contributed by atoms with Gasteiger partial charge in [0.25, 0.3) is 0 Å². The number of rotatable bonds is 4. The van der Waals surface area contributed by atoms with Gasteiger partial charge in [0.15, 0.2) is 5.78 Å². The van der Waals surface area contributed by atoms with Gasteiger partial charge in [0.05, 0.1) is 8.07 Å². The van der Waals surface area contributed by atoms with Crippen LogP contribution in [-0.2, 0) is 0 Å². The van der Waals surface area contributed by atoms with E-state index in [1.54, 1.807) is 0 Å². The summed E-state index contributed by atoms with van der Waals surface area (Å²) < 4.78 is 0. The van der Waals surface area contributed by atoms with Crippen LogP contribution in [0.2, 0.25) is 24.7 Å². The number of carbonyl (C=O) groups is 1. The first-order chi connectivity index (χ1) is 7.24. The van der Waals surface area contributed by atoms with Gasteiger partial charge in [0.2, 0.25) is 0 Å². The van der Waals surface area contributed by atoms with Crippen molar-refractivity contribution >= 4 is 13.9 Å². The Morgan fingerprint density at radius 3 is 2.06 bits per heavy atom. The van der Waals surface area contributed by atoms with Crippen molar-refractivity contribution in [2.45, 2.75) is 44.9 Å². The van der Waals surface area contributed by atoms with Crippen LogP contribution in [0.4, 0.5) is 0 Å². The Balaban J connectivity index is 2.80. The molecule has 0 unspecified atom stereocenters. The Labute approximate surface area is 99.9 Å². The first kappa shape index (κ1) is 13.2. The molecule has 0 N–H and O–H groups in total. The van der Waals surface area contributed by atoms with E-state index in [9.17, 15) is 4.79 Å². The SMILES string of the molecule is CC(C)(CC(=O)c1ccccc1)[Si](C)(C)C. The maximum Gasteiger partial charge on any atom is 0.163 e. The summed E-state index contributed by atoms with van der Waals surface area (Å²) in [5.74, 6) is 0.271. The predicted molar refractivity (Wildman–Crippen MR) is 72.8 cm³/mol. The lowest BCUT2D eigenvalue weighted by molar-refractivity contribution is 0.0969. The molecule has 0 spiro atoms. The van der Waals surface area contributed by atoms with E-state index < -0.39 is 8.07 Å². The lowest BCUT2D eigenvalue weighted by atomic mass is 10.0. The van der Waals surface area contributed by atoms with Crippen LogP contribution in [0.25, 0.3) is 0 Å². The zero-order chi connectivity index (χ0) is 12.4. The third-order valence-corrected chi connectivity index (χ3v) is 7.97. The topological polar surface area (TPSA) is 17.1 Å². The van der Waals surface area contributed by atoms with Crippen molar-refractivity contribution in [3.63, 3.8) is 0 Å². The molecule has 0 aliphatic carbocycles. The Bertz CT molecular complexity index is 360. The fraction of sp³-hybridized carbons (Fsp3) is 0.500. The summed E-state index contributed by atoms with van der Waals surface area (Å²) >= 11 is 0. The Kier molecular flexibility index (Phi) is 3.74. The first-order valence-electron chi connectivity index (χ1n) is 5.82. The van der Waals surface area contributed by atoms with E-state index in [2.05, 4.69) is 33.5 Å². The Morgan fingerprint density at radius 1 is 1.12 bits per heavy atom. The van der Waals surface area contributed by atoms with Crippen molar-refractivity contribution < 1.29 is 4.79 Å². The molecule has 0 saturated heterocycles. The molecule has 0 heterocycles. The molecular weight excluding hydrogens is 212 g/mol. The van der Waals surface area contributed by atoms with E-state index in [-0.39, 0.29) is 10.8 Å². The zero-order valence-corrected chi connectivity index (χ0v) is 12.0. The molecule has 0 saturated carbocycles. The second-order valence-electron chi connectivity index (χ2n) is 6.10. The minimum atomic E-state index is -1.30. The van der Waals surface area contributed by atoms with Gasteiger partial charge in [0, 0.05) is 12.0 Å². The quantitative estimate of drug-likeness (QED) is 0.558. The monoisotopic (exact) mass is 234 g/mol. The number of carbonyl (C=O) groups excluding carboxylic acids is 1. The van der Waals surface area contributed by atoms with Gasteiger partial charge in [-0.05, 0) is 5.04 Å². The van der Waals surface area contributed by atoms with Crippen LogP contribution in [0.1, 0.15) is 30.6 Å². The van der Waals surface area contributed by atoms with Crippen molar-refractivity contribution in [2.75, 3.05) is 0 Å². The molecule has 0 fully saturated rings. The van der Waals surface area contributed by atoms with Crippen LogP contribution in [0.3, 0.4) is 0 Å². The van der Waals surface area contributed by atoms with Crippen LogP contribution >= 0.6 is 0 Å². The summed E-state index contributed by atoms with van der Waals surface area (Å²) in [7, 11) is -1.30. The van der Waals surface area contributed by atoms with E-state index in [0.717, 1.165) is 5.56 Å². The van der Waals surface area contributed by atoms with Crippen molar-refractivity contribution in [1.29, 1.82) is 0 Å². The second-order valence-corrected chi connectivity index (χ2v) is 12.0. The molecule has 1 aromatic carbocycles. The molecule has 0 aromatic heterocycles. The van der Waals surface area contributed by atoms with Gasteiger partial charge in [0.1, 0.15) is 0 Å². The van der Waals surface area contributed by atoms with Gasteiger partial charge < -0.3 is 0 Å². The third kappa shape index (κ3) is 3.05. The second kappa shape index (κ2) is 4.54. The van der Waals surface area contributed by atoms with Crippen molar-refractivity contribution in [3.05, 3.63) is 35.9 Å². The lowest BCUT2D eigenvalue weighted by Gasteiger charge is -2.36. The van der Waals surface area contributed by atoms with Gasteiger partial charge >= 0.3 is 0 Å². The zero-order valence-electron chi connectivity index (χ0n) is 11.0. The first-order valence-corrected chi connectivity index (χ1v) is 9.32. The van der Waals surface area contributed by atoms with Gasteiger partial charge in [-0.25, -0.2) is 0 Å². The summed E-state index contributed by atoms with van der Waals surface area (Å²) in [6, 6.07) is 9.61. The molecule has 0 radical (unpaired) electrons. The maximum atomic E-state index is 12.1. The summed E-state index contributed by atoms with van der Waals surface area (Å²) in [4.78, 5) is 12.1. The fourth-order valence-corrected chi connectivity index (χ4v) is 2.08.